The zero-order valence-electron chi connectivity index (χ0n) is 11.3. The largest absolute Gasteiger partial charge is 0.368 e. The molecule has 0 radical (unpaired) electrons. The molecule has 1 N–H and O–H groups in total. The van der Waals surface area contributed by atoms with Crippen LogP contribution in [0.15, 0.2) is 41.0 Å². The number of halogens is 1. The Morgan fingerprint density at radius 3 is 2.81 bits per heavy atom. The maximum absolute atomic E-state index is 11.7. The summed E-state index contributed by atoms with van der Waals surface area (Å²) in [6.07, 6.45) is 1.75. The van der Waals surface area contributed by atoms with Gasteiger partial charge in [-0.3, -0.25) is 14.6 Å². The van der Waals surface area contributed by atoms with E-state index in [0.29, 0.717) is 17.8 Å². The summed E-state index contributed by atoms with van der Waals surface area (Å²) < 4.78 is 0.768. The molecule has 106 valence electrons. The molecule has 21 heavy (non-hydrogen) atoms. The molecule has 0 spiro atoms. The zero-order chi connectivity index (χ0) is 15.0. The van der Waals surface area contributed by atoms with Crippen molar-refractivity contribution in [1.82, 2.24) is 4.98 Å². The van der Waals surface area contributed by atoms with Crippen LogP contribution in [0.1, 0.15) is 16.1 Å². The lowest BCUT2D eigenvalue weighted by Gasteiger charge is -2.21. The van der Waals surface area contributed by atoms with Crippen molar-refractivity contribution in [3.63, 3.8) is 0 Å². The number of Topliss-reactive ketones (excluding diaryl/α,β-unsaturated/α-hetero) is 1. The molecule has 2 heterocycles. The number of benzene rings is 1. The molecule has 1 aromatic carbocycles. The Hall–Kier alpha value is -2.21. The van der Waals surface area contributed by atoms with Crippen LogP contribution in [-0.4, -0.2) is 23.7 Å². The molecule has 0 atom stereocenters. The molecule has 1 aromatic heterocycles. The summed E-state index contributed by atoms with van der Waals surface area (Å²) in [4.78, 5) is 29.4. The molecule has 0 saturated heterocycles. The number of nitrogens with one attached hydrogen (secondary N) is 1. The molecule has 1 aliphatic rings. The molecular weight excluding hydrogens is 334 g/mol. The summed E-state index contributed by atoms with van der Waals surface area (Å²) in [5.41, 5.74) is 2.78. The molecule has 1 amide bonds. The fourth-order valence-electron chi connectivity index (χ4n) is 2.27. The molecule has 0 unspecified atom stereocenters. The third kappa shape index (κ3) is 2.54. The molecule has 0 saturated carbocycles. The SMILES string of the molecule is CN(Cc1ccccn1)c1cc2c(cc1Br)C(=O)C(=O)N2. The van der Waals surface area contributed by atoms with Gasteiger partial charge in [0.2, 0.25) is 0 Å². The molecule has 5 nitrogen and oxygen atoms in total. The van der Waals surface area contributed by atoms with Crippen molar-refractivity contribution in [2.24, 2.45) is 0 Å². The monoisotopic (exact) mass is 345 g/mol. The average molecular weight is 346 g/mol. The Labute approximate surface area is 130 Å². The first-order valence-electron chi connectivity index (χ1n) is 6.36. The first-order valence-corrected chi connectivity index (χ1v) is 7.16. The van der Waals surface area contributed by atoms with Gasteiger partial charge in [-0.1, -0.05) is 6.07 Å². The summed E-state index contributed by atoms with van der Waals surface area (Å²) in [5, 5.41) is 2.58. The van der Waals surface area contributed by atoms with Gasteiger partial charge in [-0.05, 0) is 40.2 Å². The van der Waals surface area contributed by atoms with Gasteiger partial charge in [0.05, 0.1) is 29.2 Å². The van der Waals surface area contributed by atoms with E-state index in [2.05, 4.69) is 26.2 Å². The van der Waals surface area contributed by atoms with Crippen molar-refractivity contribution in [3.05, 3.63) is 52.3 Å². The molecule has 0 bridgehead atoms. The smallest absolute Gasteiger partial charge is 0.296 e. The van der Waals surface area contributed by atoms with Crippen molar-refractivity contribution in [3.8, 4) is 0 Å². The lowest BCUT2D eigenvalue weighted by Crippen LogP contribution is -2.17. The molecular formula is C15H12BrN3O2. The number of hydrogen-bond acceptors (Lipinski definition) is 4. The number of ketones is 1. The first-order chi connectivity index (χ1) is 10.1. The maximum atomic E-state index is 11.7. The minimum atomic E-state index is -0.582. The third-order valence-corrected chi connectivity index (χ3v) is 3.96. The second-order valence-electron chi connectivity index (χ2n) is 4.81. The summed E-state index contributed by atoms with van der Waals surface area (Å²) >= 11 is 3.46. The van der Waals surface area contributed by atoms with E-state index >= 15 is 0 Å². The van der Waals surface area contributed by atoms with Crippen LogP contribution in [0.3, 0.4) is 0 Å². The lowest BCUT2D eigenvalue weighted by atomic mass is 10.1. The van der Waals surface area contributed by atoms with Gasteiger partial charge in [0.1, 0.15) is 0 Å². The minimum Gasteiger partial charge on any atom is -0.368 e. The number of rotatable bonds is 3. The van der Waals surface area contributed by atoms with E-state index < -0.39 is 11.7 Å². The van der Waals surface area contributed by atoms with E-state index in [9.17, 15) is 9.59 Å². The van der Waals surface area contributed by atoms with E-state index in [0.717, 1.165) is 15.9 Å². The van der Waals surface area contributed by atoms with E-state index in [1.165, 1.54) is 0 Å². The highest BCUT2D eigenvalue weighted by molar-refractivity contribution is 9.10. The first kappa shape index (κ1) is 13.8. The topological polar surface area (TPSA) is 62.3 Å². The van der Waals surface area contributed by atoms with E-state index in [-0.39, 0.29) is 0 Å². The number of carbonyl (C=O) groups is 2. The number of pyridine rings is 1. The highest BCUT2D eigenvalue weighted by atomic mass is 79.9. The Kier molecular flexibility index (Phi) is 3.47. The second kappa shape index (κ2) is 5.29. The van der Waals surface area contributed by atoms with Gasteiger partial charge in [0, 0.05) is 17.7 Å². The average Bonchev–Trinajstić information content (AvgIpc) is 2.74. The number of fused-ring (bicyclic) bond motifs is 1. The molecule has 2 aromatic rings. The van der Waals surface area contributed by atoms with Gasteiger partial charge in [0.25, 0.3) is 11.7 Å². The Morgan fingerprint density at radius 2 is 2.10 bits per heavy atom. The third-order valence-electron chi connectivity index (χ3n) is 3.32. The zero-order valence-corrected chi connectivity index (χ0v) is 12.8. The molecule has 1 aliphatic heterocycles. The lowest BCUT2D eigenvalue weighted by molar-refractivity contribution is -0.112. The molecule has 3 rings (SSSR count). The van der Waals surface area contributed by atoms with Gasteiger partial charge in [-0.2, -0.15) is 0 Å². The normalized spacial score (nSPS) is 13.0. The predicted molar refractivity (Wildman–Crippen MR) is 83.4 cm³/mol. The van der Waals surface area contributed by atoms with Crippen molar-refractivity contribution >= 4 is 39.0 Å². The fraction of sp³-hybridized carbons (Fsp3) is 0.133. The summed E-state index contributed by atoms with van der Waals surface area (Å²) in [6.45, 7) is 0.625. The standard InChI is InChI=1S/C15H12BrN3O2/c1-19(8-9-4-2-3-5-17-9)13-7-12-10(6-11(13)16)14(20)15(21)18-12/h2-7H,8H2,1H3,(H,18,20,21). The van der Waals surface area contributed by atoms with E-state index in [4.69, 9.17) is 0 Å². The molecule has 6 heteroatoms. The Balaban J connectivity index is 1.91. The van der Waals surface area contributed by atoms with Crippen molar-refractivity contribution in [2.75, 3.05) is 17.3 Å². The van der Waals surface area contributed by atoms with Crippen molar-refractivity contribution < 1.29 is 9.59 Å². The highest BCUT2D eigenvalue weighted by Gasteiger charge is 2.29. The fourth-order valence-corrected chi connectivity index (χ4v) is 2.91. The summed E-state index contributed by atoms with van der Waals surface area (Å²) in [5.74, 6) is -1.08. The number of hydrogen-bond donors (Lipinski definition) is 1. The maximum Gasteiger partial charge on any atom is 0.296 e. The van der Waals surface area contributed by atoms with Crippen LogP contribution in [-0.2, 0) is 11.3 Å². The minimum absolute atomic E-state index is 0.405. The summed E-state index contributed by atoms with van der Waals surface area (Å²) in [7, 11) is 1.93. The van der Waals surface area contributed by atoms with Crippen LogP contribution < -0.4 is 10.2 Å². The number of amides is 1. The van der Waals surface area contributed by atoms with Crippen LogP contribution in [0.2, 0.25) is 0 Å². The number of nitrogens with zero attached hydrogens (tertiary/aromatic N) is 2. The van der Waals surface area contributed by atoms with Crippen LogP contribution >= 0.6 is 15.9 Å². The van der Waals surface area contributed by atoms with Gasteiger partial charge in [-0.25, -0.2) is 0 Å². The van der Waals surface area contributed by atoms with Crippen molar-refractivity contribution in [2.45, 2.75) is 6.54 Å². The quantitative estimate of drug-likeness (QED) is 0.868. The van der Waals surface area contributed by atoms with Gasteiger partial charge < -0.3 is 10.2 Å². The van der Waals surface area contributed by atoms with E-state index in [1.807, 2.05) is 30.1 Å². The Morgan fingerprint density at radius 1 is 1.29 bits per heavy atom. The number of carbonyl (C=O) groups excluding carboxylic acids is 2. The molecule has 0 fully saturated rings. The van der Waals surface area contributed by atoms with E-state index in [1.54, 1.807) is 18.3 Å². The van der Waals surface area contributed by atoms with Gasteiger partial charge >= 0.3 is 0 Å². The second-order valence-corrected chi connectivity index (χ2v) is 5.66. The van der Waals surface area contributed by atoms with Crippen LogP contribution in [0.25, 0.3) is 0 Å². The van der Waals surface area contributed by atoms with Crippen LogP contribution in [0, 0.1) is 0 Å². The van der Waals surface area contributed by atoms with Gasteiger partial charge in [0.15, 0.2) is 0 Å². The number of aromatic nitrogens is 1. The number of anilines is 2. The van der Waals surface area contributed by atoms with Gasteiger partial charge in [-0.15, -0.1) is 0 Å². The highest BCUT2D eigenvalue weighted by Crippen LogP contribution is 2.35. The molecule has 0 aliphatic carbocycles. The van der Waals surface area contributed by atoms with Crippen molar-refractivity contribution in [1.29, 1.82) is 0 Å². The summed E-state index contributed by atoms with van der Waals surface area (Å²) in [6, 6.07) is 9.23. The van der Waals surface area contributed by atoms with Crippen LogP contribution in [0.4, 0.5) is 11.4 Å². The van der Waals surface area contributed by atoms with Crippen LogP contribution in [0.5, 0.6) is 0 Å². The predicted octanol–water partition coefficient (Wildman–Crippen LogP) is 2.62. The Bertz CT molecular complexity index is 731.